The van der Waals surface area contributed by atoms with Crippen molar-refractivity contribution in [3.63, 3.8) is 0 Å². The third-order valence-corrected chi connectivity index (χ3v) is 5.06. The third-order valence-electron chi connectivity index (χ3n) is 3.24. The Morgan fingerprint density at radius 1 is 1.50 bits per heavy atom. The van der Waals surface area contributed by atoms with Gasteiger partial charge in [-0.15, -0.1) is 0 Å². The molecule has 0 radical (unpaired) electrons. The van der Waals surface area contributed by atoms with Crippen LogP contribution in [0.5, 0.6) is 0 Å². The first-order valence-electron chi connectivity index (χ1n) is 5.99. The van der Waals surface area contributed by atoms with Crippen LogP contribution >= 0.6 is 35.0 Å². The van der Waals surface area contributed by atoms with Crippen LogP contribution in [0.15, 0.2) is 18.2 Å². The Balaban J connectivity index is 1.99. The number of halogens is 2. The quantitative estimate of drug-likeness (QED) is 0.893. The van der Waals surface area contributed by atoms with Crippen molar-refractivity contribution in [2.75, 3.05) is 18.1 Å². The molecule has 2 nitrogen and oxygen atoms in total. The van der Waals surface area contributed by atoms with E-state index in [9.17, 15) is 5.11 Å². The Morgan fingerprint density at radius 3 is 2.94 bits per heavy atom. The van der Waals surface area contributed by atoms with Crippen molar-refractivity contribution in [1.82, 2.24) is 5.32 Å². The first-order valence-corrected chi connectivity index (χ1v) is 7.90. The lowest BCUT2D eigenvalue weighted by Crippen LogP contribution is -2.41. The summed E-state index contributed by atoms with van der Waals surface area (Å²) in [6, 6.07) is 5.53. The molecule has 5 heteroatoms. The highest BCUT2D eigenvalue weighted by atomic mass is 35.5. The molecule has 100 valence electrons. The Bertz CT molecular complexity index is 421. The van der Waals surface area contributed by atoms with Gasteiger partial charge in [0, 0.05) is 28.4 Å². The van der Waals surface area contributed by atoms with E-state index in [0.717, 1.165) is 23.5 Å². The van der Waals surface area contributed by atoms with Gasteiger partial charge in [0.25, 0.3) is 0 Å². The number of hydrogen-bond acceptors (Lipinski definition) is 3. The molecular formula is C13H17Cl2NOS. The van der Waals surface area contributed by atoms with Gasteiger partial charge < -0.3 is 10.4 Å². The molecule has 1 aromatic rings. The molecule has 1 aliphatic rings. The van der Waals surface area contributed by atoms with E-state index in [0.29, 0.717) is 16.6 Å². The van der Waals surface area contributed by atoms with Crippen molar-refractivity contribution in [3.8, 4) is 0 Å². The summed E-state index contributed by atoms with van der Waals surface area (Å²) >= 11 is 13.9. The molecule has 0 amide bonds. The standard InChI is InChI=1S/C13H17Cl2NOS/c1-9(11-6-10(14)2-3-12(11)15)16-7-13(17)4-5-18-8-13/h2-3,6,9,16-17H,4-5,7-8H2,1H3. The summed E-state index contributed by atoms with van der Waals surface area (Å²) in [6.07, 6.45) is 0.848. The van der Waals surface area contributed by atoms with Gasteiger partial charge >= 0.3 is 0 Å². The molecule has 0 saturated carbocycles. The summed E-state index contributed by atoms with van der Waals surface area (Å²) in [6.45, 7) is 2.62. The Labute approximate surface area is 122 Å². The van der Waals surface area contributed by atoms with Gasteiger partial charge in [-0.2, -0.15) is 11.8 Å². The van der Waals surface area contributed by atoms with Crippen LogP contribution < -0.4 is 5.32 Å². The third kappa shape index (κ3) is 3.55. The van der Waals surface area contributed by atoms with Crippen LogP contribution in [0, 0.1) is 0 Å². The second kappa shape index (κ2) is 6.02. The summed E-state index contributed by atoms with van der Waals surface area (Å²) in [5.74, 6) is 1.83. The maximum Gasteiger partial charge on any atom is 0.0869 e. The predicted molar refractivity (Wildman–Crippen MR) is 79.8 cm³/mol. The number of hydrogen-bond donors (Lipinski definition) is 2. The molecule has 0 aromatic heterocycles. The minimum absolute atomic E-state index is 0.0748. The molecule has 1 aromatic carbocycles. The molecular weight excluding hydrogens is 289 g/mol. The van der Waals surface area contributed by atoms with Gasteiger partial charge in [-0.25, -0.2) is 0 Å². The molecule has 0 bridgehead atoms. The Hall–Kier alpha value is 0.0700. The van der Waals surface area contributed by atoms with E-state index in [-0.39, 0.29) is 6.04 Å². The van der Waals surface area contributed by atoms with E-state index in [1.54, 1.807) is 23.9 Å². The number of thioether (sulfide) groups is 1. The van der Waals surface area contributed by atoms with Gasteiger partial charge in [-0.3, -0.25) is 0 Å². The van der Waals surface area contributed by atoms with E-state index in [1.165, 1.54) is 0 Å². The van der Waals surface area contributed by atoms with Crippen LogP contribution in [-0.4, -0.2) is 28.8 Å². The van der Waals surface area contributed by atoms with Gasteiger partial charge in [0.05, 0.1) is 5.60 Å². The van der Waals surface area contributed by atoms with Crippen LogP contribution in [0.2, 0.25) is 10.0 Å². The van der Waals surface area contributed by atoms with Gasteiger partial charge in [-0.1, -0.05) is 23.2 Å². The molecule has 2 unspecified atom stereocenters. The van der Waals surface area contributed by atoms with Crippen molar-refractivity contribution < 1.29 is 5.11 Å². The molecule has 1 heterocycles. The molecule has 1 aliphatic heterocycles. The minimum Gasteiger partial charge on any atom is -0.388 e. The van der Waals surface area contributed by atoms with Crippen molar-refractivity contribution in [2.24, 2.45) is 0 Å². The van der Waals surface area contributed by atoms with Crippen molar-refractivity contribution in [3.05, 3.63) is 33.8 Å². The second-order valence-corrected chi connectivity index (χ2v) is 6.74. The van der Waals surface area contributed by atoms with Crippen LogP contribution in [-0.2, 0) is 0 Å². The highest BCUT2D eigenvalue weighted by Crippen LogP contribution is 2.29. The lowest BCUT2D eigenvalue weighted by atomic mass is 10.0. The zero-order valence-corrected chi connectivity index (χ0v) is 12.6. The summed E-state index contributed by atoms with van der Waals surface area (Å²) in [5.41, 5.74) is 0.391. The zero-order chi connectivity index (χ0) is 13.2. The largest absolute Gasteiger partial charge is 0.388 e. The summed E-state index contributed by atoms with van der Waals surface area (Å²) in [5, 5.41) is 15.0. The first kappa shape index (κ1) is 14.5. The average Bonchev–Trinajstić information content (AvgIpc) is 2.77. The fourth-order valence-corrected chi connectivity index (χ4v) is 3.79. The molecule has 2 atom stereocenters. The number of nitrogens with one attached hydrogen (secondary N) is 1. The number of rotatable bonds is 4. The zero-order valence-electron chi connectivity index (χ0n) is 10.2. The number of benzene rings is 1. The highest BCUT2D eigenvalue weighted by molar-refractivity contribution is 7.99. The Kier molecular flexibility index (Phi) is 4.84. The van der Waals surface area contributed by atoms with Crippen LogP contribution in [0.1, 0.15) is 24.9 Å². The summed E-state index contributed by atoms with van der Waals surface area (Å²) < 4.78 is 0. The van der Waals surface area contributed by atoms with Gasteiger partial charge in [0.15, 0.2) is 0 Å². The van der Waals surface area contributed by atoms with E-state index in [2.05, 4.69) is 5.32 Å². The Morgan fingerprint density at radius 2 is 2.28 bits per heavy atom. The average molecular weight is 306 g/mol. The molecule has 0 aliphatic carbocycles. The normalized spacial score (nSPS) is 25.3. The molecule has 18 heavy (non-hydrogen) atoms. The smallest absolute Gasteiger partial charge is 0.0869 e. The maximum atomic E-state index is 10.3. The lowest BCUT2D eigenvalue weighted by Gasteiger charge is -2.25. The predicted octanol–water partition coefficient (Wildman–Crippen LogP) is 3.51. The molecule has 0 spiro atoms. The monoisotopic (exact) mass is 305 g/mol. The van der Waals surface area contributed by atoms with E-state index in [1.807, 2.05) is 13.0 Å². The number of aliphatic hydroxyl groups is 1. The second-order valence-electron chi connectivity index (χ2n) is 4.80. The fourth-order valence-electron chi connectivity index (χ4n) is 2.04. The van der Waals surface area contributed by atoms with Crippen molar-refractivity contribution in [2.45, 2.75) is 25.0 Å². The van der Waals surface area contributed by atoms with Crippen LogP contribution in [0.3, 0.4) is 0 Å². The van der Waals surface area contributed by atoms with Crippen LogP contribution in [0.25, 0.3) is 0 Å². The van der Waals surface area contributed by atoms with E-state index in [4.69, 9.17) is 23.2 Å². The summed E-state index contributed by atoms with van der Waals surface area (Å²) in [4.78, 5) is 0. The van der Waals surface area contributed by atoms with E-state index < -0.39 is 5.60 Å². The van der Waals surface area contributed by atoms with Crippen molar-refractivity contribution in [1.29, 1.82) is 0 Å². The molecule has 2 rings (SSSR count). The van der Waals surface area contributed by atoms with Crippen molar-refractivity contribution >= 4 is 35.0 Å². The molecule has 2 N–H and O–H groups in total. The SMILES string of the molecule is CC(NCC1(O)CCSC1)c1cc(Cl)ccc1Cl. The maximum absolute atomic E-state index is 10.3. The first-order chi connectivity index (χ1) is 8.50. The highest BCUT2D eigenvalue weighted by Gasteiger charge is 2.31. The van der Waals surface area contributed by atoms with Gasteiger partial charge in [0.2, 0.25) is 0 Å². The summed E-state index contributed by atoms with van der Waals surface area (Å²) in [7, 11) is 0. The van der Waals surface area contributed by atoms with E-state index >= 15 is 0 Å². The fraction of sp³-hybridized carbons (Fsp3) is 0.538. The van der Waals surface area contributed by atoms with Gasteiger partial charge in [0.1, 0.15) is 0 Å². The van der Waals surface area contributed by atoms with Gasteiger partial charge in [-0.05, 0) is 42.9 Å². The lowest BCUT2D eigenvalue weighted by molar-refractivity contribution is 0.0651. The topological polar surface area (TPSA) is 32.3 Å². The molecule has 1 saturated heterocycles. The minimum atomic E-state index is -0.579. The molecule has 1 fully saturated rings. The van der Waals surface area contributed by atoms with Crippen LogP contribution in [0.4, 0.5) is 0 Å².